The van der Waals surface area contributed by atoms with E-state index in [-0.39, 0.29) is 11.0 Å². The zero-order chi connectivity index (χ0) is 19.8. The van der Waals surface area contributed by atoms with Gasteiger partial charge in [-0.25, -0.2) is 0 Å². The second-order valence-corrected chi connectivity index (χ2v) is 8.28. The van der Waals surface area contributed by atoms with E-state index in [1.165, 1.54) is 11.8 Å². The van der Waals surface area contributed by atoms with Crippen LogP contribution < -0.4 is 0 Å². The number of fused-ring (bicyclic) bond motifs is 1. The molecule has 5 nitrogen and oxygen atoms in total. The first kappa shape index (κ1) is 18.5. The van der Waals surface area contributed by atoms with Crippen molar-refractivity contribution < 1.29 is 4.79 Å². The van der Waals surface area contributed by atoms with Crippen LogP contribution in [0.3, 0.4) is 0 Å². The molecule has 2 aromatic heterocycles. The molecule has 0 bridgehead atoms. The van der Waals surface area contributed by atoms with Crippen molar-refractivity contribution in [2.75, 3.05) is 0 Å². The minimum atomic E-state index is -0.273. The van der Waals surface area contributed by atoms with E-state index in [1.807, 2.05) is 67.9 Å². The van der Waals surface area contributed by atoms with Crippen molar-refractivity contribution in [1.29, 1.82) is 0 Å². The van der Waals surface area contributed by atoms with Gasteiger partial charge in [-0.1, -0.05) is 54.2 Å². The molecule has 0 aliphatic heterocycles. The lowest BCUT2D eigenvalue weighted by Crippen LogP contribution is -2.15. The number of benzene rings is 2. The molecule has 0 saturated carbocycles. The summed E-state index contributed by atoms with van der Waals surface area (Å²) in [4.78, 5) is 16.5. The minimum absolute atomic E-state index is 0.0976. The Hall–Kier alpha value is -2.86. The van der Waals surface area contributed by atoms with E-state index in [1.54, 1.807) is 0 Å². The largest absolute Gasteiger partial charge is 0.358 e. The van der Waals surface area contributed by atoms with Crippen molar-refractivity contribution >= 4 is 28.4 Å². The normalized spacial score (nSPS) is 12.4. The van der Waals surface area contributed by atoms with Gasteiger partial charge in [-0.05, 0) is 32.4 Å². The highest BCUT2D eigenvalue weighted by Crippen LogP contribution is 2.31. The second-order valence-electron chi connectivity index (χ2n) is 6.98. The number of nitrogens with zero attached hydrogens (tertiary/aromatic N) is 3. The van der Waals surface area contributed by atoms with Crippen LogP contribution in [0.4, 0.5) is 0 Å². The third kappa shape index (κ3) is 3.14. The van der Waals surface area contributed by atoms with Crippen LogP contribution in [0.1, 0.15) is 28.5 Å². The molecule has 1 unspecified atom stereocenters. The van der Waals surface area contributed by atoms with E-state index in [0.29, 0.717) is 0 Å². The lowest BCUT2D eigenvalue weighted by molar-refractivity contribution is 0.0995. The standard InChI is InChI=1S/C22H22N4OS/c1-13-9-5-6-10-16(13)21-24-25-22(26(21)4)28-15(3)20(27)19-14(2)23-18-12-8-7-11-17(18)19/h5-12,15,23H,1-4H3. The van der Waals surface area contributed by atoms with Gasteiger partial charge < -0.3 is 9.55 Å². The molecule has 28 heavy (non-hydrogen) atoms. The molecule has 0 fully saturated rings. The smallest absolute Gasteiger partial charge is 0.191 e. The van der Waals surface area contributed by atoms with Crippen molar-refractivity contribution in [3.63, 3.8) is 0 Å². The Bertz CT molecular complexity index is 1170. The summed E-state index contributed by atoms with van der Waals surface area (Å²) in [7, 11) is 1.94. The highest BCUT2D eigenvalue weighted by atomic mass is 32.2. The Labute approximate surface area is 168 Å². The van der Waals surface area contributed by atoms with Gasteiger partial charge in [0.25, 0.3) is 0 Å². The van der Waals surface area contributed by atoms with Gasteiger partial charge in [0.2, 0.25) is 0 Å². The van der Waals surface area contributed by atoms with Gasteiger partial charge >= 0.3 is 0 Å². The van der Waals surface area contributed by atoms with Crippen LogP contribution in [0.5, 0.6) is 0 Å². The number of thioether (sulfide) groups is 1. The predicted octanol–water partition coefficient (Wildman–Crippen LogP) is 4.94. The van der Waals surface area contributed by atoms with Crippen molar-refractivity contribution in [3.05, 3.63) is 65.4 Å². The maximum absolute atomic E-state index is 13.2. The highest BCUT2D eigenvalue weighted by Gasteiger charge is 2.24. The number of hydrogen-bond acceptors (Lipinski definition) is 4. The fourth-order valence-electron chi connectivity index (χ4n) is 3.48. The summed E-state index contributed by atoms with van der Waals surface area (Å²) < 4.78 is 1.96. The van der Waals surface area contributed by atoms with Crippen molar-refractivity contribution in [1.82, 2.24) is 19.7 Å². The van der Waals surface area contributed by atoms with E-state index in [2.05, 4.69) is 28.2 Å². The van der Waals surface area contributed by atoms with Gasteiger partial charge in [0, 0.05) is 34.8 Å². The number of Topliss-reactive ketones (excluding diaryl/α,β-unsaturated/α-hetero) is 1. The van der Waals surface area contributed by atoms with Gasteiger partial charge in [-0.3, -0.25) is 4.79 Å². The van der Waals surface area contributed by atoms with Gasteiger partial charge in [0.05, 0.1) is 5.25 Å². The lowest BCUT2D eigenvalue weighted by Gasteiger charge is -2.11. The SMILES string of the molecule is Cc1ccccc1-c1nnc(SC(C)C(=O)c2c(C)[nH]c3ccccc23)n1C. The summed E-state index contributed by atoms with van der Waals surface area (Å²) in [6.07, 6.45) is 0. The predicted molar refractivity (Wildman–Crippen MR) is 114 cm³/mol. The van der Waals surface area contributed by atoms with E-state index in [4.69, 9.17) is 0 Å². The fourth-order valence-corrected chi connectivity index (χ4v) is 4.36. The molecule has 1 atom stereocenters. The number of aryl methyl sites for hydroxylation is 2. The number of carbonyl (C=O) groups is 1. The number of aromatic nitrogens is 4. The summed E-state index contributed by atoms with van der Waals surface area (Å²) in [6.45, 7) is 5.93. The van der Waals surface area contributed by atoms with Crippen LogP contribution in [0.25, 0.3) is 22.3 Å². The molecule has 0 saturated heterocycles. The van der Waals surface area contributed by atoms with Crippen LogP contribution in [0, 0.1) is 13.8 Å². The van der Waals surface area contributed by atoms with E-state index >= 15 is 0 Å². The zero-order valence-electron chi connectivity index (χ0n) is 16.4. The third-order valence-electron chi connectivity index (χ3n) is 5.01. The maximum Gasteiger partial charge on any atom is 0.191 e. The second kappa shape index (κ2) is 7.28. The molecular weight excluding hydrogens is 368 g/mol. The average Bonchev–Trinajstić information content (AvgIpc) is 3.21. The van der Waals surface area contributed by atoms with Crippen molar-refractivity contribution in [2.45, 2.75) is 31.2 Å². The van der Waals surface area contributed by atoms with E-state index < -0.39 is 0 Å². The molecule has 2 aromatic carbocycles. The van der Waals surface area contributed by atoms with Crippen LogP contribution in [0.15, 0.2) is 53.7 Å². The summed E-state index contributed by atoms with van der Waals surface area (Å²) in [5, 5.41) is 10.1. The lowest BCUT2D eigenvalue weighted by atomic mass is 10.1. The molecule has 2 heterocycles. The fraction of sp³-hybridized carbons (Fsp3) is 0.227. The van der Waals surface area contributed by atoms with Gasteiger partial charge in [0.1, 0.15) is 0 Å². The molecule has 4 aromatic rings. The summed E-state index contributed by atoms with van der Waals surface area (Å²) in [5.41, 5.74) is 4.85. The van der Waals surface area contributed by atoms with Crippen LogP contribution in [0.2, 0.25) is 0 Å². The van der Waals surface area contributed by atoms with Crippen LogP contribution in [-0.2, 0) is 7.05 Å². The van der Waals surface area contributed by atoms with Gasteiger partial charge in [-0.15, -0.1) is 10.2 Å². The number of para-hydroxylation sites is 1. The Morgan fingerprint density at radius 1 is 1.07 bits per heavy atom. The number of hydrogen-bond donors (Lipinski definition) is 1. The van der Waals surface area contributed by atoms with Gasteiger partial charge in [0.15, 0.2) is 16.8 Å². The first-order valence-corrected chi connectivity index (χ1v) is 10.1. The summed E-state index contributed by atoms with van der Waals surface area (Å²) >= 11 is 1.44. The number of aromatic amines is 1. The molecule has 6 heteroatoms. The molecule has 1 N–H and O–H groups in total. The highest BCUT2D eigenvalue weighted by molar-refractivity contribution is 8.00. The zero-order valence-corrected chi connectivity index (χ0v) is 17.2. The molecule has 142 valence electrons. The first-order chi connectivity index (χ1) is 13.5. The first-order valence-electron chi connectivity index (χ1n) is 9.21. The van der Waals surface area contributed by atoms with Crippen LogP contribution >= 0.6 is 11.8 Å². The maximum atomic E-state index is 13.2. The number of rotatable bonds is 5. The quantitative estimate of drug-likeness (QED) is 0.387. The van der Waals surface area contributed by atoms with Crippen LogP contribution in [-0.4, -0.2) is 30.8 Å². The Morgan fingerprint density at radius 2 is 1.79 bits per heavy atom. The minimum Gasteiger partial charge on any atom is -0.358 e. The van der Waals surface area contributed by atoms with E-state index in [0.717, 1.165) is 44.3 Å². The molecule has 0 amide bonds. The molecule has 0 spiro atoms. The molecule has 4 rings (SSSR count). The van der Waals surface area contributed by atoms with Gasteiger partial charge in [-0.2, -0.15) is 0 Å². The average molecular weight is 391 g/mol. The molecule has 0 aliphatic carbocycles. The number of H-pyrrole nitrogens is 1. The molecular formula is C22H22N4OS. The Kier molecular flexibility index (Phi) is 4.81. The van der Waals surface area contributed by atoms with E-state index in [9.17, 15) is 4.79 Å². The Balaban J connectivity index is 1.62. The summed E-state index contributed by atoms with van der Waals surface area (Å²) in [6, 6.07) is 16.0. The third-order valence-corrected chi connectivity index (χ3v) is 6.15. The topological polar surface area (TPSA) is 63.6 Å². The molecule has 0 aliphatic rings. The van der Waals surface area contributed by atoms with Crippen molar-refractivity contribution in [2.24, 2.45) is 7.05 Å². The number of carbonyl (C=O) groups excluding carboxylic acids is 1. The Morgan fingerprint density at radius 3 is 2.57 bits per heavy atom. The van der Waals surface area contributed by atoms with Crippen molar-refractivity contribution in [3.8, 4) is 11.4 Å². The number of nitrogens with one attached hydrogen (secondary N) is 1. The number of ketones is 1. The summed E-state index contributed by atoms with van der Waals surface area (Å²) in [5.74, 6) is 0.906. The molecule has 0 radical (unpaired) electrons. The monoisotopic (exact) mass is 390 g/mol.